The van der Waals surface area contributed by atoms with Gasteiger partial charge in [0.25, 0.3) is 0 Å². The van der Waals surface area contributed by atoms with E-state index in [0.29, 0.717) is 11.3 Å². The summed E-state index contributed by atoms with van der Waals surface area (Å²) in [7, 11) is -4.00. The highest BCUT2D eigenvalue weighted by Crippen LogP contribution is 2.27. The maximum atomic E-state index is 12.6. The molecule has 26 heavy (non-hydrogen) atoms. The van der Waals surface area contributed by atoms with E-state index in [1.54, 1.807) is 24.3 Å². The van der Waals surface area contributed by atoms with Gasteiger partial charge in [-0.2, -0.15) is 0 Å². The van der Waals surface area contributed by atoms with Crippen molar-refractivity contribution in [3.05, 3.63) is 59.1 Å². The maximum Gasteiger partial charge on any atom is 0.305 e. The first-order chi connectivity index (χ1) is 12.2. The average molecular weight is 397 g/mol. The third-order valence-corrected chi connectivity index (χ3v) is 5.27. The smallest absolute Gasteiger partial charge is 0.305 e. The number of hydrogen-bond acceptors (Lipinski definition) is 4. The minimum atomic E-state index is -4.00. The van der Waals surface area contributed by atoms with Crippen molar-refractivity contribution in [1.29, 1.82) is 0 Å². The zero-order valence-electron chi connectivity index (χ0n) is 13.8. The number of carboxylic acids is 1. The quantitative estimate of drug-likeness (QED) is 0.666. The van der Waals surface area contributed by atoms with Crippen LogP contribution in [-0.4, -0.2) is 25.4 Å². The van der Waals surface area contributed by atoms with Gasteiger partial charge in [-0.1, -0.05) is 29.8 Å². The van der Waals surface area contributed by atoms with E-state index in [2.05, 4.69) is 10.0 Å². The first-order valence-electron chi connectivity index (χ1n) is 7.55. The molecule has 0 bridgehead atoms. The number of carbonyl (C=O) groups is 2. The van der Waals surface area contributed by atoms with Gasteiger partial charge in [0.2, 0.25) is 15.9 Å². The van der Waals surface area contributed by atoms with Crippen molar-refractivity contribution in [1.82, 2.24) is 4.72 Å². The van der Waals surface area contributed by atoms with Gasteiger partial charge in [0.15, 0.2) is 0 Å². The number of anilines is 1. The van der Waals surface area contributed by atoms with Crippen molar-refractivity contribution in [3.8, 4) is 0 Å². The van der Waals surface area contributed by atoms with E-state index < -0.39 is 28.5 Å². The van der Waals surface area contributed by atoms with Crippen molar-refractivity contribution < 1.29 is 23.1 Å². The summed E-state index contributed by atoms with van der Waals surface area (Å²) < 4.78 is 27.6. The SMILES string of the molecule is CC(=O)Nc1ccc(S(=O)(=O)NC(CC(=O)O)c2ccccc2Cl)cc1. The predicted molar refractivity (Wildman–Crippen MR) is 97.5 cm³/mol. The van der Waals surface area contributed by atoms with Gasteiger partial charge in [0.05, 0.1) is 17.4 Å². The van der Waals surface area contributed by atoms with Crippen LogP contribution in [0.25, 0.3) is 0 Å². The second kappa shape index (κ2) is 8.31. The average Bonchev–Trinajstić information content (AvgIpc) is 2.54. The second-order valence-corrected chi connectivity index (χ2v) is 7.62. The molecule has 0 aliphatic carbocycles. The van der Waals surface area contributed by atoms with Crippen LogP contribution in [0.4, 0.5) is 5.69 Å². The van der Waals surface area contributed by atoms with Crippen LogP contribution in [0.15, 0.2) is 53.4 Å². The highest BCUT2D eigenvalue weighted by Gasteiger charge is 2.25. The van der Waals surface area contributed by atoms with Crippen LogP contribution in [0.2, 0.25) is 5.02 Å². The zero-order chi connectivity index (χ0) is 19.3. The van der Waals surface area contributed by atoms with E-state index >= 15 is 0 Å². The molecule has 7 nitrogen and oxygen atoms in total. The molecule has 0 aliphatic heterocycles. The van der Waals surface area contributed by atoms with Gasteiger partial charge in [-0.3, -0.25) is 9.59 Å². The van der Waals surface area contributed by atoms with Gasteiger partial charge in [-0.15, -0.1) is 0 Å². The molecule has 0 saturated carbocycles. The second-order valence-electron chi connectivity index (χ2n) is 5.50. The van der Waals surface area contributed by atoms with Crippen LogP contribution in [-0.2, 0) is 19.6 Å². The molecule has 0 spiro atoms. The lowest BCUT2D eigenvalue weighted by Gasteiger charge is -2.19. The van der Waals surface area contributed by atoms with Crippen LogP contribution in [0.1, 0.15) is 24.9 Å². The highest BCUT2D eigenvalue weighted by atomic mass is 35.5. The third kappa shape index (κ3) is 5.29. The summed E-state index contributed by atoms with van der Waals surface area (Å²) in [4.78, 5) is 22.1. The van der Waals surface area contributed by atoms with Crippen LogP contribution in [0, 0.1) is 0 Å². The molecule has 0 heterocycles. The number of rotatable bonds is 7. The maximum absolute atomic E-state index is 12.6. The Hall–Kier alpha value is -2.42. The minimum absolute atomic E-state index is 0.0611. The van der Waals surface area contributed by atoms with Crippen LogP contribution >= 0.6 is 11.6 Å². The normalized spacial score (nSPS) is 12.4. The molecule has 0 fully saturated rings. The number of amides is 1. The Balaban J connectivity index is 2.30. The summed E-state index contributed by atoms with van der Waals surface area (Å²) in [5.41, 5.74) is 0.819. The summed E-state index contributed by atoms with van der Waals surface area (Å²) in [6.07, 6.45) is -0.465. The van der Waals surface area contributed by atoms with Crippen LogP contribution < -0.4 is 10.0 Å². The molecule has 2 aromatic rings. The van der Waals surface area contributed by atoms with E-state index in [0.717, 1.165) is 0 Å². The van der Waals surface area contributed by atoms with Crippen molar-refractivity contribution in [2.24, 2.45) is 0 Å². The molecule has 1 amide bonds. The summed E-state index contributed by atoms with van der Waals surface area (Å²) in [6, 6.07) is 10.9. The molecular weight excluding hydrogens is 380 g/mol. The Morgan fingerprint density at radius 3 is 2.27 bits per heavy atom. The number of aliphatic carboxylic acids is 1. The number of carbonyl (C=O) groups excluding carboxylic acids is 1. The van der Waals surface area contributed by atoms with Gasteiger partial charge < -0.3 is 10.4 Å². The van der Waals surface area contributed by atoms with Crippen LogP contribution in [0.5, 0.6) is 0 Å². The van der Waals surface area contributed by atoms with Gasteiger partial charge >= 0.3 is 5.97 Å². The van der Waals surface area contributed by atoms with E-state index in [-0.39, 0.29) is 15.8 Å². The lowest BCUT2D eigenvalue weighted by Crippen LogP contribution is -2.30. The third-order valence-electron chi connectivity index (χ3n) is 3.44. The number of carboxylic acid groups (broad SMARTS) is 1. The van der Waals surface area contributed by atoms with E-state index in [1.807, 2.05) is 0 Å². The molecular formula is C17H17ClN2O5S. The van der Waals surface area contributed by atoms with Crippen molar-refractivity contribution in [2.75, 3.05) is 5.32 Å². The number of hydrogen-bond donors (Lipinski definition) is 3. The van der Waals surface area contributed by atoms with Crippen molar-refractivity contribution >= 4 is 39.2 Å². The number of halogens is 1. The lowest BCUT2D eigenvalue weighted by molar-refractivity contribution is -0.137. The topological polar surface area (TPSA) is 113 Å². The highest BCUT2D eigenvalue weighted by molar-refractivity contribution is 7.89. The fraction of sp³-hybridized carbons (Fsp3) is 0.176. The zero-order valence-corrected chi connectivity index (χ0v) is 15.3. The number of nitrogens with one attached hydrogen (secondary N) is 2. The van der Waals surface area contributed by atoms with Crippen LogP contribution in [0.3, 0.4) is 0 Å². The fourth-order valence-electron chi connectivity index (χ4n) is 2.32. The molecule has 1 unspecified atom stereocenters. The molecule has 1 atom stereocenters. The first-order valence-corrected chi connectivity index (χ1v) is 9.41. The largest absolute Gasteiger partial charge is 0.481 e. The summed E-state index contributed by atoms with van der Waals surface area (Å²) in [5, 5.41) is 11.9. The molecule has 3 N–H and O–H groups in total. The molecule has 2 aromatic carbocycles. The molecule has 0 aromatic heterocycles. The van der Waals surface area contributed by atoms with Crippen molar-refractivity contribution in [2.45, 2.75) is 24.3 Å². The Kier molecular flexibility index (Phi) is 6.36. The van der Waals surface area contributed by atoms with Gasteiger partial charge in [0.1, 0.15) is 0 Å². The number of sulfonamides is 1. The molecule has 138 valence electrons. The van der Waals surface area contributed by atoms with Gasteiger partial charge in [0, 0.05) is 17.6 Å². The Bertz CT molecular complexity index is 913. The fourth-order valence-corrected chi connectivity index (χ4v) is 3.81. The minimum Gasteiger partial charge on any atom is -0.481 e. The Labute approximate surface area is 156 Å². The number of benzene rings is 2. The monoisotopic (exact) mass is 396 g/mol. The Morgan fingerprint density at radius 1 is 1.12 bits per heavy atom. The summed E-state index contributed by atoms with van der Waals surface area (Å²) in [5.74, 6) is -1.45. The molecule has 0 radical (unpaired) electrons. The lowest BCUT2D eigenvalue weighted by atomic mass is 10.1. The standard InChI is InChI=1S/C17H17ClN2O5S/c1-11(21)19-12-6-8-13(9-7-12)26(24,25)20-16(10-17(22)23)14-4-2-3-5-15(14)18/h2-9,16,20H,10H2,1H3,(H,19,21)(H,22,23). The molecule has 2 rings (SSSR count). The molecule has 0 aliphatic rings. The van der Waals surface area contributed by atoms with Gasteiger partial charge in [-0.25, -0.2) is 13.1 Å². The van der Waals surface area contributed by atoms with Crippen molar-refractivity contribution in [3.63, 3.8) is 0 Å². The van der Waals surface area contributed by atoms with E-state index in [4.69, 9.17) is 16.7 Å². The molecule has 0 saturated heterocycles. The molecule has 9 heteroatoms. The van der Waals surface area contributed by atoms with Gasteiger partial charge in [-0.05, 0) is 35.9 Å². The summed E-state index contributed by atoms with van der Waals surface area (Å²) in [6.45, 7) is 1.34. The van der Waals surface area contributed by atoms with E-state index in [1.165, 1.54) is 31.2 Å². The predicted octanol–water partition coefficient (Wildman–Crippen LogP) is 2.79. The first kappa shape index (κ1) is 19.9. The van der Waals surface area contributed by atoms with E-state index in [9.17, 15) is 18.0 Å². The summed E-state index contributed by atoms with van der Waals surface area (Å²) >= 11 is 6.08. The Morgan fingerprint density at radius 2 is 1.73 bits per heavy atom.